The first-order chi connectivity index (χ1) is 16.3. The molecular formula is C27H26FN3O3. The molecule has 174 valence electrons. The summed E-state index contributed by atoms with van der Waals surface area (Å²) in [5.74, 6) is -0.147. The number of allylic oxidation sites excluding steroid dienone is 1. The molecule has 6 nitrogen and oxygen atoms in total. The third-order valence-corrected chi connectivity index (χ3v) is 6.24. The van der Waals surface area contributed by atoms with E-state index in [1.54, 1.807) is 24.5 Å². The number of nitrogens with zero attached hydrogens (tertiary/aromatic N) is 1. The molecule has 0 saturated heterocycles. The van der Waals surface area contributed by atoms with Crippen LogP contribution in [0.25, 0.3) is 0 Å². The number of rotatable bonds is 4. The van der Waals surface area contributed by atoms with E-state index in [9.17, 15) is 14.0 Å². The minimum atomic E-state index is -0.581. The second kappa shape index (κ2) is 8.48. The molecule has 1 atom stereocenters. The van der Waals surface area contributed by atoms with Gasteiger partial charge in [-0.25, -0.2) is 4.39 Å². The van der Waals surface area contributed by atoms with E-state index in [1.807, 2.05) is 35.2 Å². The topological polar surface area (TPSA) is 74.6 Å². The molecule has 2 aromatic carbocycles. The van der Waals surface area contributed by atoms with E-state index in [4.69, 9.17) is 4.42 Å². The maximum Gasteiger partial charge on any atom is 0.243 e. The Morgan fingerprint density at radius 3 is 2.74 bits per heavy atom. The molecule has 5 rings (SSSR count). The summed E-state index contributed by atoms with van der Waals surface area (Å²) in [4.78, 5) is 28.5. The monoisotopic (exact) mass is 459 g/mol. The second-order valence-corrected chi connectivity index (χ2v) is 9.58. The molecule has 2 aliphatic rings. The van der Waals surface area contributed by atoms with Crippen LogP contribution >= 0.6 is 0 Å². The second-order valence-electron chi connectivity index (χ2n) is 9.58. The quantitative estimate of drug-likeness (QED) is 0.526. The summed E-state index contributed by atoms with van der Waals surface area (Å²) in [5.41, 5.74) is 3.24. The van der Waals surface area contributed by atoms with Crippen LogP contribution in [0, 0.1) is 11.2 Å². The van der Waals surface area contributed by atoms with Gasteiger partial charge in [0.1, 0.15) is 17.6 Å². The molecule has 1 amide bonds. The predicted octanol–water partition coefficient (Wildman–Crippen LogP) is 5.67. The van der Waals surface area contributed by atoms with E-state index in [2.05, 4.69) is 24.5 Å². The number of hydrogen-bond donors (Lipinski definition) is 2. The van der Waals surface area contributed by atoms with Gasteiger partial charge in [0, 0.05) is 23.4 Å². The fourth-order valence-corrected chi connectivity index (χ4v) is 4.89. The molecule has 34 heavy (non-hydrogen) atoms. The Bertz CT molecular complexity index is 1280. The minimum absolute atomic E-state index is 0.0310. The van der Waals surface area contributed by atoms with E-state index in [1.165, 1.54) is 12.1 Å². The number of nitrogens with one attached hydrogen (secondary N) is 2. The lowest BCUT2D eigenvalue weighted by molar-refractivity contribution is -0.119. The van der Waals surface area contributed by atoms with Gasteiger partial charge < -0.3 is 20.0 Å². The van der Waals surface area contributed by atoms with Crippen molar-refractivity contribution in [1.82, 2.24) is 0 Å². The van der Waals surface area contributed by atoms with Gasteiger partial charge in [-0.05, 0) is 54.3 Å². The summed E-state index contributed by atoms with van der Waals surface area (Å²) in [6.07, 6.45) is 2.68. The number of anilines is 3. The highest BCUT2D eigenvalue weighted by Gasteiger charge is 2.42. The summed E-state index contributed by atoms with van der Waals surface area (Å²) in [7, 11) is 0. The number of Topliss-reactive ketones (excluding diaryl/α,β-unsaturated/α-hetero) is 1. The number of amides is 1. The van der Waals surface area contributed by atoms with Crippen LogP contribution in [0.4, 0.5) is 21.5 Å². The van der Waals surface area contributed by atoms with Crippen molar-refractivity contribution in [3.8, 4) is 0 Å². The third kappa shape index (κ3) is 4.21. The van der Waals surface area contributed by atoms with Gasteiger partial charge >= 0.3 is 0 Å². The molecule has 0 fully saturated rings. The summed E-state index contributed by atoms with van der Waals surface area (Å²) in [6.45, 7) is 4.10. The molecule has 1 aliphatic heterocycles. The van der Waals surface area contributed by atoms with E-state index in [-0.39, 0.29) is 23.7 Å². The molecule has 7 heteroatoms. The van der Waals surface area contributed by atoms with Crippen LogP contribution in [0.2, 0.25) is 0 Å². The minimum Gasteiger partial charge on any atom is -0.467 e. The molecule has 2 N–H and O–H groups in total. The van der Waals surface area contributed by atoms with Crippen molar-refractivity contribution in [2.45, 2.75) is 32.7 Å². The number of ketones is 1. The predicted molar refractivity (Wildman–Crippen MR) is 129 cm³/mol. The Hall–Kier alpha value is -3.87. The molecule has 0 unspecified atom stereocenters. The number of fused-ring (bicyclic) bond motifs is 1. The van der Waals surface area contributed by atoms with Gasteiger partial charge in [0.25, 0.3) is 0 Å². The van der Waals surface area contributed by atoms with Crippen LogP contribution in [0.15, 0.2) is 82.6 Å². The van der Waals surface area contributed by atoms with Crippen molar-refractivity contribution in [2.24, 2.45) is 5.41 Å². The standard InChI is InChI=1S/C27H26FN3O3/c1-27(2)14-20-25(22(32)15-27)26(23-11-6-12-34-23)31(21-10-4-3-9-19(21)30-20)16-24(33)29-18-8-5-7-17(28)13-18/h3-13,26,30H,14-16H2,1-2H3,(H,29,33)/t26-/m1/s1. The molecule has 1 aliphatic carbocycles. The molecule has 2 heterocycles. The number of benzene rings is 2. The van der Waals surface area contributed by atoms with Crippen molar-refractivity contribution in [2.75, 3.05) is 22.1 Å². The zero-order valence-electron chi connectivity index (χ0n) is 19.1. The van der Waals surface area contributed by atoms with Crippen molar-refractivity contribution in [1.29, 1.82) is 0 Å². The van der Waals surface area contributed by atoms with E-state index in [0.29, 0.717) is 29.9 Å². The van der Waals surface area contributed by atoms with Crippen LogP contribution < -0.4 is 15.5 Å². The summed E-state index contributed by atoms with van der Waals surface area (Å²) >= 11 is 0. The molecule has 3 aromatic rings. The van der Waals surface area contributed by atoms with Gasteiger partial charge in [-0.1, -0.05) is 32.0 Å². The SMILES string of the molecule is CC1(C)CC(=O)C2=C(C1)Nc1ccccc1N(CC(=O)Nc1cccc(F)c1)[C@@H]2c1ccco1. The van der Waals surface area contributed by atoms with Crippen LogP contribution in [-0.4, -0.2) is 18.2 Å². The van der Waals surface area contributed by atoms with E-state index in [0.717, 1.165) is 17.1 Å². The van der Waals surface area contributed by atoms with Crippen molar-refractivity contribution in [3.63, 3.8) is 0 Å². The Morgan fingerprint density at radius 1 is 1.15 bits per heavy atom. The first-order valence-corrected chi connectivity index (χ1v) is 11.3. The first-order valence-electron chi connectivity index (χ1n) is 11.3. The van der Waals surface area contributed by atoms with Gasteiger partial charge in [-0.3, -0.25) is 9.59 Å². The van der Waals surface area contributed by atoms with E-state index >= 15 is 0 Å². The first kappa shape index (κ1) is 21.9. The van der Waals surface area contributed by atoms with Gasteiger partial charge in [0.2, 0.25) is 5.91 Å². The number of furan rings is 1. The molecule has 0 radical (unpaired) electrons. The molecule has 0 bridgehead atoms. The summed E-state index contributed by atoms with van der Waals surface area (Å²) in [6, 6.07) is 16.5. The average Bonchev–Trinajstić information content (AvgIpc) is 3.25. The lowest BCUT2D eigenvalue weighted by Crippen LogP contribution is -2.40. The number of hydrogen-bond acceptors (Lipinski definition) is 5. The van der Waals surface area contributed by atoms with Gasteiger partial charge in [-0.2, -0.15) is 0 Å². The highest BCUT2D eigenvalue weighted by atomic mass is 19.1. The van der Waals surface area contributed by atoms with Gasteiger partial charge in [0.15, 0.2) is 5.78 Å². The fraction of sp³-hybridized carbons (Fsp3) is 0.259. The third-order valence-electron chi connectivity index (χ3n) is 6.24. The zero-order chi connectivity index (χ0) is 23.9. The number of para-hydroxylation sites is 2. The maximum absolute atomic E-state index is 13.6. The lowest BCUT2D eigenvalue weighted by Gasteiger charge is -2.36. The van der Waals surface area contributed by atoms with Crippen LogP contribution in [0.1, 0.15) is 38.5 Å². The van der Waals surface area contributed by atoms with Crippen molar-refractivity contribution < 1.29 is 18.4 Å². The normalized spacial score (nSPS) is 19.1. The molecule has 1 aromatic heterocycles. The number of carbonyl (C=O) groups is 2. The largest absolute Gasteiger partial charge is 0.467 e. The van der Waals surface area contributed by atoms with Crippen LogP contribution in [0.3, 0.4) is 0 Å². The Balaban J connectivity index is 1.60. The molecule has 0 saturated carbocycles. The number of carbonyl (C=O) groups excluding carboxylic acids is 2. The van der Waals surface area contributed by atoms with Gasteiger partial charge in [-0.15, -0.1) is 0 Å². The van der Waals surface area contributed by atoms with Gasteiger partial charge in [0.05, 0.1) is 24.2 Å². The summed E-state index contributed by atoms with van der Waals surface area (Å²) in [5, 5.41) is 6.26. The highest BCUT2D eigenvalue weighted by molar-refractivity contribution is 6.02. The zero-order valence-corrected chi connectivity index (χ0v) is 19.1. The highest BCUT2D eigenvalue weighted by Crippen LogP contribution is 2.48. The smallest absolute Gasteiger partial charge is 0.243 e. The Labute approximate surface area is 197 Å². The Morgan fingerprint density at radius 2 is 1.97 bits per heavy atom. The number of halogens is 1. The lowest BCUT2D eigenvalue weighted by atomic mass is 9.74. The van der Waals surface area contributed by atoms with Crippen molar-refractivity contribution in [3.05, 3.63) is 89.8 Å². The Kier molecular flexibility index (Phi) is 5.48. The average molecular weight is 460 g/mol. The van der Waals surface area contributed by atoms with E-state index < -0.39 is 11.9 Å². The van der Waals surface area contributed by atoms with Crippen LogP contribution in [0.5, 0.6) is 0 Å². The molecule has 0 spiro atoms. The maximum atomic E-state index is 13.6. The summed E-state index contributed by atoms with van der Waals surface area (Å²) < 4.78 is 19.4. The fourth-order valence-electron chi connectivity index (χ4n) is 4.89. The molecular weight excluding hydrogens is 433 g/mol. The van der Waals surface area contributed by atoms with Crippen LogP contribution in [-0.2, 0) is 9.59 Å². The van der Waals surface area contributed by atoms with Crippen molar-refractivity contribution >= 4 is 28.8 Å².